The van der Waals surface area contributed by atoms with E-state index in [2.05, 4.69) is 0 Å². The van der Waals surface area contributed by atoms with E-state index in [9.17, 15) is 9.90 Å². The summed E-state index contributed by atoms with van der Waals surface area (Å²) in [7, 11) is 0. The van der Waals surface area contributed by atoms with Crippen LogP contribution in [-0.2, 0) is 4.79 Å². The summed E-state index contributed by atoms with van der Waals surface area (Å²) >= 11 is 6.09. The molecule has 0 heterocycles. The van der Waals surface area contributed by atoms with E-state index in [0.717, 1.165) is 0 Å². The average Bonchev–Trinajstić information content (AvgIpc) is 2.46. The molecule has 1 N–H and O–H groups in total. The second-order valence-corrected chi connectivity index (χ2v) is 4.11. The van der Waals surface area contributed by atoms with Crippen molar-refractivity contribution < 1.29 is 14.6 Å². The van der Waals surface area contributed by atoms with Crippen LogP contribution in [0.15, 0.2) is 66.4 Å². The maximum atomic E-state index is 11.3. The number of rotatable bonds is 4. The maximum absolute atomic E-state index is 11.3. The van der Waals surface area contributed by atoms with Gasteiger partial charge in [-0.25, -0.2) is 4.79 Å². The van der Waals surface area contributed by atoms with Gasteiger partial charge in [0.05, 0.1) is 5.03 Å². The molecule has 96 valence electrons. The summed E-state index contributed by atoms with van der Waals surface area (Å²) in [4.78, 5) is 11.3. The van der Waals surface area contributed by atoms with Crippen molar-refractivity contribution >= 4 is 22.6 Å². The number of ether oxygens (including phenoxy) is 1. The standard InChI is InChI=1S/C15H11ClO3/c16-13(11-7-3-1-4-8-11)14(15(17)18)19-12-9-5-2-6-10-12/h1-10H,(H,17,18). The zero-order chi connectivity index (χ0) is 13.7. The van der Waals surface area contributed by atoms with Crippen molar-refractivity contribution in [3.63, 3.8) is 0 Å². The molecule has 0 bridgehead atoms. The molecule has 0 aliphatic carbocycles. The zero-order valence-electron chi connectivity index (χ0n) is 9.92. The molecule has 0 fully saturated rings. The molecule has 0 unspecified atom stereocenters. The predicted octanol–water partition coefficient (Wildman–Crippen LogP) is 3.76. The van der Waals surface area contributed by atoms with Crippen LogP contribution in [0.2, 0.25) is 0 Å². The number of carboxylic acid groups (broad SMARTS) is 1. The van der Waals surface area contributed by atoms with E-state index in [1.807, 2.05) is 12.1 Å². The Balaban J connectivity index is 2.38. The molecule has 0 spiro atoms. The topological polar surface area (TPSA) is 46.5 Å². The van der Waals surface area contributed by atoms with Crippen molar-refractivity contribution in [2.24, 2.45) is 0 Å². The van der Waals surface area contributed by atoms with Crippen LogP contribution in [0.1, 0.15) is 5.56 Å². The fourth-order valence-corrected chi connectivity index (χ4v) is 1.75. The number of para-hydroxylation sites is 1. The number of carboxylic acids is 1. The Morgan fingerprint density at radius 2 is 1.47 bits per heavy atom. The van der Waals surface area contributed by atoms with Gasteiger partial charge >= 0.3 is 5.97 Å². The summed E-state index contributed by atoms with van der Waals surface area (Å²) in [5, 5.41) is 9.27. The molecule has 2 rings (SSSR count). The number of halogens is 1. The number of benzene rings is 2. The SMILES string of the molecule is O=C(O)C(Oc1ccccc1)=C(Cl)c1ccccc1. The van der Waals surface area contributed by atoms with Gasteiger partial charge in [0.25, 0.3) is 0 Å². The molecular weight excluding hydrogens is 264 g/mol. The summed E-state index contributed by atoms with van der Waals surface area (Å²) in [5.41, 5.74) is 0.595. The number of aliphatic carboxylic acids is 1. The van der Waals surface area contributed by atoms with E-state index in [1.165, 1.54) is 0 Å². The summed E-state index contributed by atoms with van der Waals surface area (Å²) in [6.07, 6.45) is 0. The summed E-state index contributed by atoms with van der Waals surface area (Å²) in [6, 6.07) is 17.5. The van der Waals surface area contributed by atoms with Crippen LogP contribution in [0.4, 0.5) is 0 Å². The fraction of sp³-hybridized carbons (Fsp3) is 0. The van der Waals surface area contributed by atoms with Gasteiger partial charge in [0, 0.05) is 0 Å². The Morgan fingerprint density at radius 1 is 0.947 bits per heavy atom. The molecule has 0 aliphatic heterocycles. The molecule has 0 saturated heterocycles. The van der Waals surface area contributed by atoms with Gasteiger partial charge in [-0.15, -0.1) is 0 Å². The van der Waals surface area contributed by atoms with Crippen LogP contribution >= 0.6 is 11.6 Å². The second-order valence-electron chi connectivity index (χ2n) is 3.73. The molecule has 19 heavy (non-hydrogen) atoms. The average molecular weight is 275 g/mol. The van der Waals surface area contributed by atoms with E-state index >= 15 is 0 Å². The Morgan fingerprint density at radius 3 is 2.00 bits per heavy atom. The highest BCUT2D eigenvalue weighted by Crippen LogP contribution is 2.25. The summed E-state index contributed by atoms with van der Waals surface area (Å²) < 4.78 is 5.34. The minimum absolute atomic E-state index is 0.0666. The third-order valence-electron chi connectivity index (χ3n) is 2.38. The van der Waals surface area contributed by atoms with Gasteiger partial charge in [-0.1, -0.05) is 60.1 Å². The van der Waals surface area contributed by atoms with Crippen LogP contribution in [0.3, 0.4) is 0 Å². The molecule has 4 heteroatoms. The van der Waals surface area contributed by atoms with E-state index < -0.39 is 5.97 Å². The molecule has 3 nitrogen and oxygen atoms in total. The van der Waals surface area contributed by atoms with Crippen molar-refractivity contribution in [2.75, 3.05) is 0 Å². The van der Waals surface area contributed by atoms with Gasteiger partial charge in [-0.05, 0) is 17.7 Å². The molecule has 2 aromatic rings. The van der Waals surface area contributed by atoms with Crippen molar-refractivity contribution in [2.45, 2.75) is 0 Å². The van der Waals surface area contributed by atoms with Crippen LogP contribution < -0.4 is 4.74 Å². The highest BCUT2D eigenvalue weighted by atomic mass is 35.5. The Labute approximate surface area is 115 Å². The Kier molecular flexibility index (Phi) is 4.21. The van der Waals surface area contributed by atoms with Crippen LogP contribution in [0.5, 0.6) is 5.75 Å². The minimum atomic E-state index is -1.21. The van der Waals surface area contributed by atoms with Crippen molar-refractivity contribution in [3.05, 3.63) is 72.0 Å². The third kappa shape index (κ3) is 3.36. The summed E-state index contributed by atoms with van der Waals surface area (Å²) in [5.74, 6) is -1.08. The van der Waals surface area contributed by atoms with Gasteiger partial charge in [-0.3, -0.25) is 0 Å². The lowest BCUT2D eigenvalue weighted by atomic mass is 10.2. The molecule has 0 saturated carbocycles. The first-order valence-electron chi connectivity index (χ1n) is 5.60. The van der Waals surface area contributed by atoms with Gasteiger partial charge < -0.3 is 9.84 Å². The van der Waals surface area contributed by atoms with Gasteiger partial charge in [0.2, 0.25) is 5.76 Å². The van der Waals surface area contributed by atoms with Crippen LogP contribution in [0, 0.1) is 0 Å². The van der Waals surface area contributed by atoms with Crippen molar-refractivity contribution in [1.29, 1.82) is 0 Å². The van der Waals surface area contributed by atoms with E-state index in [1.54, 1.807) is 48.5 Å². The number of hydrogen-bond acceptors (Lipinski definition) is 2. The van der Waals surface area contributed by atoms with E-state index in [4.69, 9.17) is 16.3 Å². The maximum Gasteiger partial charge on any atom is 0.373 e. The smallest absolute Gasteiger partial charge is 0.373 e. The quantitative estimate of drug-likeness (QED) is 0.682. The highest BCUT2D eigenvalue weighted by molar-refractivity contribution is 6.50. The van der Waals surface area contributed by atoms with Crippen molar-refractivity contribution in [3.8, 4) is 5.75 Å². The lowest BCUT2D eigenvalue weighted by molar-refractivity contribution is -0.134. The first-order valence-corrected chi connectivity index (χ1v) is 5.97. The normalized spacial score (nSPS) is 11.6. The lowest BCUT2D eigenvalue weighted by Gasteiger charge is -2.08. The van der Waals surface area contributed by atoms with Gasteiger partial charge in [0.15, 0.2) is 0 Å². The summed E-state index contributed by atoms with van der Waals surface area (Å²) in [6.45, 7) is 0. The lowest BCUT2D eigenvalue weighted by Crippen LogP contribution is -2.09. The van der Waals surface area contributed by atoms with Crippen molar-refractivity contribution in [1.82, 2.24) is 0 Å². The highest BCUT2D eigenvalue weighted by Gasteiger charge is 2.17. The monoisotopic (exact) mass is 274 g/mol. The van der Waals surface area contributed by atoms with Gasteiger partial charge in [-0.2, -0.15) is 0 Å². The molecule has 0 aromatic heterocycles. The molecule has 0 aliphatic rings. The van der Waals surface area contributed by atoms with E-state index in [-0.39, 0.29) is 10.8 Å². The van der Waals surface area contributed by atoms with Gasteiger partial charge in [0.1, 0.15) is 5.75 Å². The molecule has 0 radical (unpaired) electrons. The first kappa shape index (κ1) is 13.2. The molecular formula is C15H11ClO3. The van der Waals surface area contributed by atoms with Crippen LogP contribution in [0.25, 0.3) is 5.03 Å². The zero-order valence-corrected chi connectivity index (χ0v) is 10.7. The number of hydrogen-bond donors (Lipinski definition) is 1. The fourth-order valence-electron chi connectivity index (χ4n) is 1.50. The minimum Gasteiger partial charge on any atom is -0.475 e. The molecule has 0 atom stereocenters. The number of carbonyl (C=O) groups is 1. The Bertz CT molecular complexity index is 591. The molecule has 0 amide bonds. The molecule has 2 aromatic carbocycles. The Hall–Kier alpha value is -2.26. The predicted molar refractivity (Wildman–Crippen MR) is 73.9 cm³/mol. The first-order chi connectivity index (χ1) is 9.18. The third-order valence-corrected chi connectivity index (χ3v) is 2.77. The van der Waals surface area contributed by atoms with Crippen LogP contribution in [-0.4, -0.2) is 11.1 Å². The second kappa shape index (κ2) is 6.07. The van der Waals surface area contributed by atoms with E-state index in [0.29, 0.717) is 11.3 Å². The largest absolute Gasteiger partial charge is 0.475 e.